The Morgan fingerprint density at radius 1 is 1.13 bits per heavy atom. The van der Waals surface area contributed by atoms with Gasteiger partial charge in [0.05, 0.1) is 0 Å². The SMILES string of the molecule is CCCC(=O)Nc1cccc(CNC(=O)c2cc3c([nH]c2=O)CC(C)(C)CC3=O)c1. The highest BCUT2D eigenvalue weighted by Crippen LogP contribution is 2.33. The van der Waals surface area contributed by atoms with E-state index in [0.717, 1.165) is 12.0 Å². The van der Waals surface area contributed by atoms with E-state index in [9.17, 15) is 19.2 Å². The molecule has 1 aliphatic carbocycles. The number of carbonyl (C=O) groups is 3. The summed E-state index contributed by atoms with van der Waals surface area (Å²) in [6.45, 7) is 6.08. The molecule has 1 aliphatic rings. The number of fused-ring (bicyclic) bond motifs is 1. The van der Waals surface area contributed by atoms with E-state index in [-0.39, 0.29) is 29.2 Å². The summed E-state index contributed by atoms with van der Waals surface area (Å²) in [7, 11) is 0. The number of carbonyl (C=O) groups excluding carboxylic acids is 3. The van der Waals surface area contributed by atoms with Crippen LogP contribution in [0.5, 0.6) is 0 Å². The molecule has 0 saturated heterocycles. The van der Waals surface area contributed by atoms with Gasteiger partial charge in [0.25, 0.3) is 11.5 Å². The maximum absolute atomic E-state index is 12.6. The van der Waals surface area contributed by atoms with Gasteiger partial charge in [-0.25, -0.2) is 0 Å². The summed E-state index contributed by atoms with van der Waals surface area (Å²) in [5.41, 5.74) is 1.65. The van der Waals surface area contributed by atoms with Crippen LogP contribution in [0.4, 0.5) is 5.69 Å². The molecular formula is C23H27N3O4. The van der Waals surface area contributed by atoms with Gasteiger partial charge >= 0.3 is 0 Å². The van der Waals surface area contributed by atoms with Crippen LogP contribution in [-0.4, -0.2) is 22.6 Å². The highest BCUT2D eigenvalue weighted by molar-refractivity contribution is 6.02. The monoisotopic (exact) mass is 409 g/mol. The fourth-order valence-corrected chi connectivity index (χ4v) is 3.68. The highest BCUT2D eigenvalue weighted by atomic mass is 16.2. The summed E-state index contributed by atoms with van der Waals surface area (Å²) in [6.07, 6.45) is 2.17. The first-order valence-corrected chi connectivity index (χ1v) is 10.1. The van der Waals surface area contributed by atoms with Crippen molar-refractivity contribution in [2.75, 3.05) is 5.32 Å². The van der Waals surface area contributed by atoms with Gasteiger partial charge in [0, 0.05) is 36.3 Å². The molecule has 2 aromatic rings. The lowest BCUT2D eigenvalue weighted by molar-refractivity contribution is -0.116. The number of hydrogen-bond donors (Lipinski definition) is 3. The number of Topliss-reactive ketones (excluding diaryl/α,β-unsaturated/α-hetero) is 1. The van der Waals surface area contributed by atoms with Crippen LogP contribution in [-0.2, 0) is 17.8 Å². The van der Waals surface area contributed by atoms with Gasteiger partial charge in [0.15, 0.2) is 5.78 Å². The van der Waals surface area contributed by atoms with E-state index in [1.54, 1.807) is 18.2 Å². The summed E-state index contributed by atoms with van der Waals surface area (Å²) in [5.74, 6) is -0.675. The van der Waals surface area contributed by atoms with E-state index in [1.807, 2.05) is 26.8 Å². The Labute approximate surface area is 175 Å². The maximum Gasteiger partial charge on any atom is 0.261 e. The van der Waals surface area contributed by atoms with Gasteiger partial charge in [-0.2, -0.15) is 0 Å². The van der Waals surface area contributed by atoms with Gasteiger partial charge in [0.2, 0.25) is 5.91 Å². The van der Waals surface area contributed by atoms with Crippen molar-refractivity contribution >= 4 is 23.3 Å². The highest BCUT2D eigenvalue weighted by Gasteiger charge is 2.32. The quantitative estimate of drug-likeness (QED) is 0.681. The van der Waals surface area contributed by atoms with Crippen molar-refractivity contribution in [3.05, 3.63) is 63.1 Å². The van der Waals surface area contributed by atoms with Gasteiger partial charge in [-0.05, 0) is 42.0 Å². The first kappa shape index (κ1) is 21.5. The number of pyridine rings is 1. The minimum Gasteiger partial charge on any atom is -0.348 e. The number of H-pyrrole nitrogens is 1. The number of aromatic nitrogens is 1. The van der Waals surface area contributed by atoms with Gasteiger partial charge < -0.3 is 15.6 Å². The minimum absolute atomic E-state index is 0.0628. The molecule has 3 rings (SSSR count). The topological polar surface area (TPSA) is 108 Å². The van der Waals surface area contributed by atoms with E-state index < -0.39 is 11.5 Å². The predicted molar refractivity (Wildman–Crippen MR) is 115 cm³/mol. The smallest absolute Gasteiger partial charge is 0.261 e. The van der Waals surface area contributed by atoms with Crippen LogP contribution in [0.2, 0.25) is 0 Å². The molecule has 0 unspecified atom stereocenters. The van der Waals surface area contributed by atoms with Gasteiger partial charge in [-0.3, -0.25) is 19.2 Å². The first-order chi connectivity index (χ1) is 14.2. The molecule has 0 spiro atoms. The Kier molecular flexibility index (Phi) is 6.20. The largest absolute Gasteiger partial charge is 0.348 e. The molecule has 0 saturated carbocycles. The van der Waals surface area contributed by atoms with E-state index in [2.05, 4.69) is 15.6 Å². The van der Waals surface area contributed by atoms with Crippen LogP contribution in [0.15, 0.2) is 35.1 Å². The molecule has 30 heavy (non-hydrogen) atoms. The Hall–Kier alpha value is -3.22. The number of amides is 2. The van der Waals surface area contributed by atoms with E-state index in [0.29, 0.717) is 36.2 Å². The Morgan fingerprint density at radius 3 is 2.63 bits per heavy atom. The second kappa shape index (κ2) is 8.65. The fourth-order valence-electron chi connectivity index (χ4n) is 3.68. The maximum atomic E-state index is 12.6. The zero-order chi connectivity index (χ0) is 21.9. The zero-order valence-corrected chi connectivity index (χ0v) is 17.6. The Bertz CT molecular complexity index is 1050. The number of benzene rings is 1. The molecule has 0 aliphatic heterocycles. The molecule has 7 heteroatoms. The van der Waals surface area contributed by atoms with Gasteiger partial charge in [0.1, 0.15) is 5.56 Å². The van der Waals surface area contributed by atoms with Gasteiger partial charge in [-0.15, -0.1) is 0 Å². The number of rotatable bonds is 6. The molecule has 1 heterocycles. The molecule has 3 N–H and O–H groups in total. The van der Waals surface area contributed by atoms with Crippen molar-refractivity contribution in [3.8, 4) is 0 Å². The second-order valence-electron chi connectivity index (χ2n) is 8.53. The third kappa shape index (κ3) is 5.03. The second-order valence-corrected chi connectivity index (χ2v) is 8.53. The summed E-state index contributed by atoms with van der Waals surface area (Å²) < 4.78 is 0. The summed E-state index contributed by atoms with van der Waals surface area (Å²) in [6, 6.07) is 8.56. The lowest BCUT2D eigenvalue weighted by Crippen LogP contribution is -2.34. The normalized spacial score (nSPS) is 14.7. The number of aromatic amines is 1. The molecule has 2 amide bonds. The first-order valence-electron chi connectivity index (χ1n) is 10.1. The molecule has 0 bridgehead atoms. The fraction of sp³-hybridized carbons (Fsp3) is 0.391. The van der Waals surface area contributed by atoms with E-state index >= 15 is 0 Å². The molecule has 1 aromatic carbocycles. The van der Waals surface area contributed by atoms with Crippen molar-refractivity contribution in [3.63, 3.8) is 0 Å². The summed E-state index contributed by atoms with van der Waals surface area (Å²) in [5, 5.41) is 5.53. The van der Waals surface area contributed by atoms with Crippen molar-refractivity contribution in [1.29, 1.82) is 0 Å². The van der Waals surface area contributed by atoms with Crippen molar-refractivity contribution in [1.82, 2.24) is 10.3 Å². The Morgan fingerprint density at radius 2 is 1.90 bits per heavy atom. The van der Waals surface area contributed by atoms with Crippen LogP contribution >= 0.6 is 0 Å². The molecule has 158 valence electrons. The molecular weight excluding hydrogens is 382 g/mol. The Balaban J connectivity index is 1.72. The molecule has 0 radical (unpaired) electrons. The summed E-state index contributed by atoms with van der Waals surface area (Å²) in [4.78, 5) is 51.9. The lowest BCUT2D eigenvalue weighted by Gasteiger charge is -2.29. The van der Waals surface area contributed by atoms with Crippen molar-refractivity contribution in [2.45, 2.75) is 53.0 Å². The molecule has 7 nitrogen and oxygen atoms in total. The van der Waals surface area contributed by atoms with Gasteiger partial charge in [-0.1, -0.05) is 32.9 Å². The number of nitrogens with one attached hydrogen (secondary N) is 3. The number of anilines is 1. The third-order valence-corrected chi connectivity index (χ3v) is 5.10. The van der Waals surface area contributed by atoms with Crippen LogP contribution in [0.3, 0.4) is 0 Å². The minimum atomic E-state index is -0.544. The van der Waals surface area contributed by atoms with E-state index in [1.165, 1.54) is 6.07 Å². The molecule has 0 fully saturated rings. The molecule has 0 atom stereocenters. The summed E-state index contributed by atoms with van der Waals surface area (Å²) >= 11 is 0. The van der Waals surface area contributed by atoms with Crippen LogP contribution in [0.1, 0.15) is 72.0 Å². The number of hydrogen-bond acceptors (Lipinski definition) is 4. The average molecular weight is 409 g/mol. The van der Waals surface area contributed by atoms with E-state index in [4.69, 9.17) is 0 Å². The van der Waals surface area contributed by atoms with Crippen LogP contribution in [0.25, 0.3) is 0 Å². The standard InChI is InChI=1S/C23H27N3O4/c1-4-6-20(28)25-15-8-5-7-14(9-15)13-24-21(29)17-10-16-18(26-22(17)30)11-23(2,3)12-19(16)27/h5,7-10H,4,6,11-13H2,1-3H3,(H,24,29)(H,25,28)(H,26,30). The predicted octanol–water partition coefficient (Wildman–Crippen LogP) is 3.20. The van der Waals surface area contributed by atoms with Crippen LogP contribution < -0.4 is 16.2 Å². The lowest BCUT2D eigenvalue weighted by atomic mass is 9.75. The van der Waals surface area contributed by atoms with Crippen molar-refractivity contribution in [2.24, 2.45) is 5.41 Å². The third-order valence-electron chi connectivity index (χ3n) is 5.10. The average Bonchev–Trinajstić information content (AvgIpc) is 2.65. The van der Waals surface area contributed by atoms with Crippen LogP contribution in [0, 0.1) is 5.41 Å². The van der Waals surface area contributed by atoms with Crippen molar-refractivity contribution < 1.29 is 14.4 Å². The zero-order valence-electron chi connectivity index (χ0n) is 17.6. The number of ketones is 1. The molecule has 1 aromatic heterocycles.